The number of amides is 1. The van der Waals surface area contributed by atoms with Gasteiger partial charge in [-0.25, -0.2) is 0 Å². The third kappa shape index (κ3) is 5.84. The first kappa shape index (κ1) is 23.5. The van der Waals surface area contributed by atoms with Crippen LogP contribution >= 0.6 is 0 Å². The van der Waals surface area contributed by atoms with Gasteiger partial charge in [-0.15, -0.1) is 0 Å². The number of hydrogen-bond acceptors (Lipinski definition) is 8. The number of non-ortho nitro benzene ring substituents is 1. The molecule has 0 saturated carbocycles. The highest BCUT2D eigenvalue weighted by Gasteiger charge is 2.24. The molecule has 1 amide bonds. The number of esters is 1. The van der Waals surface area contributed by atoms with Crippen LogP contribution in [0.1, 0.15) is 35.3 Å². The molecule has 0 heterocycles. The van der Waals surface area contributed by atoms with Crippen LogP contribution in [0.15, 0.2) is 36.4 Å². The molecule has 0 aliphatic rings. The van der Waals surface area contributed by atoms with Crippen molar-refractivity contribution in [2.45, 2.75) is 19.4 Å². The van der Waals surface area contributed by atoms with Gasteiger partial charge in [0.2, 0.25) is 5.75 Å². The van der Waals surface area contributed by atoms with Gasteiger partial charge in [0.25, 0.3) is 11.6 Å². The van der Waals surface area contributed by atoms with E-state index in [-0.39, 0.29) is 35.8 Å². The van der Waals surface area contributed by atoms with Crippen LogP contribution in [0.4, 0.5) is 5.69 Å². The Morgan fingerprint density at radius 2 is 1.71 bits per heavy atom. The number of carbonyl (C=O) groups is 2. The van der Waals surface area contributed by atoms with Crippen LogP contribution < -0.4 is 19.5 Å². The smallest absolute Gasteiger partial charge is 0.308 e. The second kappa shape index (κ2) is 10.8. The molecule has 31 heavy (non-hydrogen) atoms. The standard InChI is InChI=1S/C21H24N2O8/c1-5-31-19(24)12-16(13-7-6-8-15(9-13)23(26)27)22-21(25)14-10-17(28-2)20(30-4)18(11-14)29-3/h6-11,16H,5,12H2,1-4H3,(H,22,25)/t16-/m0/s1. The monoisotopic (exact) mass is 432 g/mol. The Morgan fingerprint density at radius 3 is 2.23 bits per heavy atom. The van der Waals surface area contributed by atoms with Gasteiger partial charge < -0.3 is 24.3 Å². The van der Waals surface area contributed by atoms with Crippen LogP contribution in [0.3, 0.4) is 0 Å². The summed E-state index contributed by atoms with van der Waals surface area (Å²) in [5.41, 5.74) is 0.422. The highest BCUT2D eigenvalue weighted by Crippen LogP contribution is 2.38. The molecule has 0 unspecified atom stereocenters. The van der Waals surface area contributed by atoms with Gasteiger partial charge in [-0.2, -0.15) is 0 Å². The molecule has 2 rings (SSSR count). The molecule has 0 bridgehead atoms. The van der Waals surface area contributed by atoms with Gasteiger partial charge in [0.1, 0.15) is 0 Å². The molecular weight excluding hydrogens is 408 g/mol. The van der Waals surface area contributed by atoms with Crippen molar-refractivity contribution in [2.24, 2.45) is 0 Å². The largest absolute Gasteiger partial charge is 0.493 e. The average Bonchev–Trinajstić information content (AvgIpc) is 2.77. The number of rotatable bonds is 10. The second-order valence-corrected chi connectivity index (χ2v) is 6.30. The first-order chi connectivity index (χ1) is 14.8. The number of nitro benzene ring substituents is 1. The fourth-order valence-corrected chi connectivity index (χ4v) is 2.95. The van der Waals surface area contributed by atoms with Gasteiger partial charge in [0.05, 0.1) is 45.3 Å². The van der Waals surface area contributed by atoms with Crippen LogP contribution in [0.5, 0.6) is 17.2 Å². The third-order valence-electron chi connectivity index (χ3n) is 4.39. The summed E-state index contributed by atoms with van der Waals surface area (Å²) in [7, 11) is 4.29. The molecule has 1 atom stereocenters. The van der Waals surface area contributed by atoms with Crippen molar-refractivity contribution in [3.63, 3.8) is 0 Å². The fourth-order valence-electron chi connectivity index (χ4n) is 2.95. The Morgan fingerprint density at radius 1 is 1.06 bits per heavy atom. The Bertz CT molecular complexity index is 935. The summed E-state index contributed by atoms with van der Waals surface area (Å²) in [5.74, 6) is -0.207. The quantitative estimate of drug-likeness (QED) is 0.345. The molecule has 0 fully saturated rings. The van der Waals surface area contributed by atoms with E-state index in [1.807, 2.05) is 0 Å². The van der Waals surface area contributed by atoms with Gasteiger partial charge in [0, 0.05) is 17.7 Å². The van der Waals surface area contributed by atoms with E-state index in [2.05, 4.69) is 5.32 Å². The molecule has 0 radical (unpaired) electrons. The molecule has 2 aromatic rings. The van der Waals surface area contributed by atoms with E-state index in [0.29, 0.717) is 11.3 Å². The summed E-state index contributed by atoms with van der Waals surface area (Å²) in [6.45, 7) is 1.83. The van der Waals surface area contributed by atoms with E-state index in [9.17, 15) is 19.7 Å². The summed E-state index contributed by atoms with van der Waals surface area (Å²) < 4.78 is 20.8. The number of methoxy groups -OCH3 is 3. The lowest BCUT2D eigenvalue weighted by molar-refractivity contribution is -0.384. The molecule has 2 aromatic carbocycles. The van der Waals surface area contributed by atoms with E-state index in [1.165, 1.54) is 51.7 Å². The summed E-state index contributed by atoms with van der Waals surface area (Å²) in [4.78, 5) is 35.6. The van der Waals surface area contributed by atoms with Crippen molar-refractivity contribution in [1.82, 2.24) is 5.32 Å². The van der Waals surface area contributed by atoms with Crippen LogP contribution in [0.2, 0.25) is 0 Å². The average molecular weight is 432 g/mol. The molecule has 0 spiro atoms. The van der Waals surface area contributed by atoms with Gasteiger partial charge in [-0.1, -0.05) is 12.1 Å². The summed E-state index contributed by atoms with van der Waals surface area (Å²) >= 11 is 0. The highest BCUT2D eigenvalue weighted by molar-refractivity contribution is 5.96. The SMILES string of the molecule is CCOC(=O)C[C@H](NC(=O)c1cc(OC)c(OC)c(OC)c1)c1cccc([N+](=O)[O-])c1. The minimum atomic E-state index is -0.856. The molecule has 0 saturated heterocycles. The Kier molecular flexibility index (Phi) is 8.18. The van der Waals surface area contributed by atoms with E-state index >= 15 is 0 Å². The number of nitrogens with zero attached hydrogens (tertiary/aromatic N) is 1. The zero-order valence-electron chi connectivity index (χ0n) is 17.7. The minimum Gasteiger partial charge on any atom is -0.493 e. The van der Waals surface area contributed by atoms with Crippen LogP contribution in [-0.4, -0.2) is 44.7 Å². The lowest BCUT2D eigenvalue weighted by atomic mass is 10.0. The number of benzene rings is 2. The van der Waals surface area contributed by atoms with E-state index in [1.54, 1.807) is 13.0 Å². The molecule has 0 aliphatic heterocycles. The van der Waals surface area contributed by atoms with Gasteiger partial charge in [-0.3, -0.25) is 19.7 Å². The molecule has 1 N–H and O–H groups in total. The van der Waals surface area contributed by atoms with E-state index in [4.69, 9.17) is 18.9 Å². The molecule has 166 valence electrons. The normalized spacial score (nSPS) is 11.2. The predicted molar refractivity (Wildman–Crippen MR) is 111 cm³/mol. The van der Waals surface area contributed by atoms with Crippen molar-refractivity contribution in [3.05, 3.63) is 57.6 Å². The van der Waals surface area contributed by atoms with E-state index < -0.39 is 22.8 Å². The Hall–Kier alpha value is -3.82. The first-order valence-electron chi connectivity index (χ1n) is 9.35. The van der Waals surface area contributed by atoms with Gasteiger partial charge in [-0.05, 0) is 24.6 Å². The highest BCUT2D eigenvalue weighted by atomic mass is 16.6. The maximum absolute atomic E-state index is 13.0. The van der Waals surface area contributed by atoms with Crippen molar-refractivity contribution in [1.29, 1.82) is 0 Å². The fraction of sp³-hybridized carbons (Fsp3) is 0.333. The van der Waals surface area contributed by atoms with Crippen LogP contribution in [0, 0.1) is 10.1 Å². The zero-order chi connectivity index (χ0) is 23.0. The lowest BCUT2D eigenvalue weighted by Crippen LogP contribution is -2.30. The number of ether oxygens (including phenoxy) is 4. The molecule has 0 aliphatic carbocycles. The van der Waals surface area contributed by atoms with Crippen molar-refractivity contribution in [2.75, 3.05) is 27.9 Å². The maximum Gasteiger partial charge on any atom is 0.308 e. The van der Waals surface area contributed by atoms with Crippen molar-refractivity contribution < 1.29 is 33.5 Å². The van der Waals surface area contributed by atoms with E-state index in [0.717, 1.165) is 0 Å². The Balaban J connectivity index is 2.40. The van der Waals surface area contributed by atoms with Crippen LogP contribution in [-0.2, 0) is 9.53 Å². The van der Waals surface area contributed by atoms with Crippen LogP contribution in [0.25, 0.3) is 0 Å². The minimum absolute atomic E-state index is 0.159. The van der Waals surface area contributed by atoms with Crippen molar-refractivity contribution in [3.8, 4) is 17.2 Å². The number of carbonyl (C=O) groups excluding carboxylic acids is 2. The summed E-state index contributed by atoms with van der Waals surface area (Å²) in [6, 6.07) is 7.77. The second-order valence-electron chi connectivity index (χ2n) is 6.30. The topological polar surface area (TPSA) is 126 Å². The Labute approximate surface area is 179 Å². The number of nitrogens with one attached hydrogen (secondary N) is 1. The number of nitro groups is 1. The van der Waals surface area contributed by atoms with Crippen molar-refractivity contribution >= 4 is 17.6 Å². The zero-order valence-corrected chi connectivity index (χ0v) is 17.7. The third-order valence-corrected chi connectivity index (χ3v) is 4.39. The first-order valence-corrected chi connectivity index (χ1v) is 9.35. The summed E-state index contributed by atoms with van der Waals surface area (Å²) in [5, 5.41) is 13.9. The molecule has 10 nitrogen and oxygen atoms in total. The molecular formula is C21H24N2O8. The molecule has 10 heteroatoms. The van der Waals surface area contributed by atoms with Gasteiger partial charge >= 0.3 is 5.97 Å². The maximum atomic E-state index is 13.0. The summed E-state index contributed by atoms with van der Waals surface area (Å²) in [6.07, 6.45) is -0.203. The lowest BCUT2D eigenvalue weighted by Gasteiger charge is -2.19. The van der Waals surface area contributed by atoms with Gasteiger partial charge in [0.15, 0.2) is 11.5 Å². The number of hydrogen-bond donors (Lipinski definition) is 1. The predicted octanol–water partition coefficient (Wildman–Crippen LogP) is 3.04. The molecule has 0 aromatic heterocycles.